The minimum atomic E-state index is -0.243. The van der Waals surface area contributed by atoms with Crippen LogP contribution in [0, 0.1) is 6.92 Å². The maximum Gasteiger partial charge on any atom is 0.338 e. The van der Waals surface area contributed by atoms with Gasteiger partial charge in [0.15, 0.2) is 0 Å². The van der Waals surface area contributed by atoms with E-state index in [0.29, 0.717) is 11.6 Å². The number of ether oxygens (including phenoxy) is 1. The lowest BCUT2D eigenvalue weighted by molar-refractivity contribution is 0.0598. The van der Waals surface area contributed by atoms with Gasteiger partial charge >= 0.3 is 5.97 Å². The highest BCUT2D eigenvalue weighted by molar-refractivity contribution is 5.91. The van der Waals surface area contributed by atoms with Crippen molar-refractivity contribution in [3.63, 3.8) is 0 Å². The normalized spacial score (nSPS) is 19.8. The lowest BCUT2D eigenvalue weighted by Crippen LogP contribution is -2.18. The van der Waals surface area contributed by atoms with Gasteiger partial charge in [-0.25, -0.2) is 4.79 Å². The van der Waals surface area contributed by atoms with Crippen LogP contribution in [0.3, 0.4) is 0 Å². The zero-order chi connectivity index (χ0) is 11.5. The molecule has 1 saturated heterocycles. The van der Waals surface area contributed by atoms with Crippen LogP contribution in [-0.2, 0) is 4.74 Å². The molecule has 1 aromatic rings. The number of hydrogen-bond donors (Lipinski definition) is 1. The molecule has 3 heteroatoms. The van der Waals surface area contributed by atoms with Crippen LogP contribution in [0.1, 0.15) is 40.4 Å². The van der Waals surface area contributed by atoms with Crippen LogP contribution in [0.2, 0.25) is 0 Å². The van der Waals surface area contributed by atoms with Gasteiger partial charge in [0.25, 0.3) is 0 Å². The molecule has 0 spiro atoms. The summed E-state index contributed by atoms with van der Waals surface area (Å²) >= 11 is 0. The van der Waals surface area contributed by atoms with Crippen LogP contribution in [0.4, 0.5) is 0 Å². The van der Waals surface area contributed by atoms with E-state index in [9.17, 15) is 4.79 Å². The molecule has 0 aliphatic carbocycles. The predicted molar refractivity (Wildman–Crippen MR) is 62.5 cm³/mol. The molecule has 1 heterocycles. The zero-order valence-electron chi connectivity index (χ0n) is 9.75. The van der Waals surface area contributed by atoms with E-state index in [-0.39, 0.29) is 5.97 Å². The Balaban J connectivity index is 2.43. The van der Waals surface area contributed by atoms with Gasteiger partial charge in [-0.1, -0.05) is 12.1 Å². The van der Waals surface area contributed by atoms with E-state index in [1.165, 1.54) is 13.5 Å². The van der Waals surface area contributed by atoms with Crippen molar-refractivity contribution in [2.75, 3.05) is 13.7 Å². The monoisotopic (exact) mass is 219 g/mol. The molecular weight excluding hydrogens is 202 g/mol. The molecule has 1 aliphatic rings. The second-order valence-electron chi connectivity index (χ2n) is 4.18. The van der Waals surface area contributed by atoms with E-state index in [1.54, 1.807) is 0 Å². The first-order valence-electron chi connectivity index (χ1n) is 5.65. The zero-order valence-corrected chi connectivity index (χ0v) is 9.75. The minimum absolute atomic E-state index is 0.243. The Hall–Kier alpha value is -1.35. The summed E-state index contributed by atoms with van der Waals surface area (Å²) in [5.41, 5.74) is 2.95. The summed E-state index contributed by atoms with van der Waals surface area (Å²) in [5.74, 6) is -0.243. The van der Waals surface area contributed by atoms with Crippen molar-refractivity contribution in [2.45, 2.75) is 25.8 Å². The molecule has 0 bridgehead atoms. The Morgan fingerprint density at radius 1 is 1.50 bits per heavy atom. The third kappa shape index (κ3) is 1.95. The van der Waals surface area contributed by atoms with Gasteiger partial charge < -0.3 is 10.1 Å². The molecule has 1 aromatic carbocycles. The minimum Gasteiger partial charge on any atom is -0.465 e. The Morgan fingerprint density at radius 2 is 2.31 bits per heavy atom. The fraction of sp³-hybridized carbons (Fsp3) is 0.462. The molecule has 1 N–H and O–H groups in total. The fourth-order valence-electron chi connectivity index (χ4n) is 2.36. The number of hydrogen-bond acceptors (Lipinski definition) is 3. The lowest BCUT2D eigenvalue weighted by atomic mass is 9.94. The first-order valence-corrected chi connectivity index (χ1v) is 5.65. The first kappa shape index (κ1) is 11.1. The van der Waals surface area contributed by atoms with Crippen molar-refractivity contribution >= 4 is 5.97 Å². The number of aryl methyl sites for hydroxylation is 1. The molecule has 0 saturated carbocycles. The van der Waals surface area contributed by atoms with E-state index >= 15 is 0 Å². The van der Waals surface area contributed by atoms with Crippen molar-refractivity contribution in [3.05, 3.63) is 34.9 Å². The average Bonchev–Trinajstić information content (AvgIpc) is 2.81. The highest BCUT2D eigenvalue weighted by atomic mass is 16.5. The summed E-state index contributed by atoms with van der Waals surface area (Å²) in [7, 11) is 1.43. The van der Waals surface area contributed by atoms with Gasteiger partial charge in [-0.15, -0.1) is 0 Å². The summed E-state index contributed by atoms with van der Waals surface area (Å²) in [6.45, 7) is 3.07. The van der Waals surface area contributed by atoms with E-state index in [0.717, 1.165) is 24.1 Å². The molecule has 1 fully saturated rings. The molecule has 0 aromatic heterocycles. The van der Waals surface area contributed by atoms with Crippen LogP contribution >= 0.6 is 0 Å². The van der Waals surface area contributed by atoms with Gasteiger partial charge in [0.1, 0.15) is 0 Å². The molecule has 3 nitrogen and oxygen atoms in total. The topological polar surface area (TPSA) is 38.3 Å². The van der Waals surface area contributed by atoms with Gasteiger partial charge in [-0.3, -0.25) is 0 Å². The Labute approximate surface area is 95.8 Å². The molecule has 16 heavy (non-hydrogen) atoms. The van der Waals surface area contributed by atoms with Crippen LogP contribution in [0.5, 0.6) is 0 Å². The average molecular weight is 219 g/mol. The maximum atomic E-state index is 11.7. The molecule has 0 radical (unpaired) electrons. The summed E-state index contributed by atoms with van der Waals surface area (Å²) in [6, 6.07) is 6.09. The standard InChI is InChI=1S/C13H17NO2/c1-9-5-3-6-10(13(15)16-2)12(9)11-7-4-8-14-11/h3,5-6,11,14H,4,7-8H2,1-2H3/t11-/m0/s1. The summed E-state index contributed by atoms with van der Waals surface area (Å²) < 4.78 is 4.82. The van der Waals surface area contributed by atoms with Crippen LogP contribution in [0.15, 0.2) is 18.2 Å². The predicted octanol–water partition coefficient (Wildman–Crippen LogP) is 2.21. The first-order chi connectivity index (χ1) is 7.74. The number of nitrogens with one attached hydrogen (secondary N) is 1. The molecule has 1 aliphatic heterocycles. The molecule has 1 atom stereocenters. The molecular formula is C13H17NO2. The van der Waals surface area contributed by atoms with Gasteiger partial charge in [0.05, 0.1) is 12.7 Å². The number of esters is 1. The Kier molecular flexibility index (Phi) is 3.25. The number of benzene rings is 1. The molecule has 86 valence electrons. The molecule has 2 rings (SSSR count). The SMILES string of the molecule is COC(=O)c1cccc(C)c1[C@@H]1CCCN1. The third-order valence-corrected chi connectivity index (χ3v) is 3.14. The smallest absolute Gasteiger partial charge is 0.338 e. The van der Waals surface area contributed by atoms with Crippen molar-refractivity contribution in [2.24, 2.45) is 0 Å². The second kappa shape index (κ2) is 4.66. The summed E-state index contributed by atoms with van der Waals surface area (Å²) in [5, 5.41) is 3.43. The van der Waals surface area contributed by atoms with Crippen molar-refractivity contribution in [1.29, 1.82) is 0 Å². The van der Waals surface area contributed by atoms with Gasteiger partial charge in [-0.2, -0.15) is 0 Å². The lowest BCUT2D eigenvalue weighted by Gasteiger charge is -2.17. The number of carbonyl (C=O) groups excluding carboxylic acids is 1. The van der Waals surface area contributed by atoms with Gasteiger partial charge in [0.2, 0.25) is 0 Å². The second-order valence-corrected chi connectivity index (χ2v) is 4.18. The number of methoxy groups -OCH3 is 1. The van der Waals surface area contributed by atoms with Crippen molar-refractivity contribution in [3.8, 4) is 0 Å². The van der Waals surface area contributed by atoms with E-state index < -0.39 is 0 Å². The molecule has 0 amide bonds. The van der Waals surface area contributed by atoms with E-state index in [1.807, 2.05) is 25.1 Å². The van der Waals surface area contributed by atoms with E-state index in [4.69, 9.17) is 4.74 Å². The van der Waals surface area contributed by atoms with Crippen LogP contribution in [-0.4, -0.2) is 19.6 Å². The van der Waals surface area contributed by atoms with Gasteiger partial charge in [-0.05, 0) is 43.5 Å². The third-order valence-electron chi connectivity index (χ3n) is 3.14. The largest absolute Gasteiger partial charge is 0.465 e. The Morgan fingerprint density at radius 3 is 2.94 bits per heavy atom. The van der Waals surface area contributed by atoms with Crippen molar-refractivity contribution in [1.82, 2.24) is 5.32 Å². The fourth-order valence-corrected chi connectivity index (χ4v) is 2.36. The maximum absolute atomic E-state index is 11.7. The number of carbonyl (C=O) groups is 1. The van der Waals surface area contributed by atoms with Gasteiger partial charge in [0, 0.05) is 6.04 Å². The molecule has 0 unspecified atom stereocenters. The highest BCUT2D eigenvalue weighted by Crippen LogP contribution is 2.29. The highest BCUT2D eigenvalue weighted by Gasteiger charge is 2.23. The van der Waals surface area contributed by atoms with Crippen LogP contribution < -0.4 is 5.32 Å². The summed E-state index contributed by atoms with van der Waals surface area (Å²) in [4.78, 5) is 11.7. The van der Waals surface area contributed by atoms with E-state index in [2.05, 4.69) is 5.32 Å². The Bertz CT molecular complexity index is 395. The summed E-state index contributed by atoms with van der Waals surface area (Å²) in [6.07, 6.45) is 2.26. The quantitative estimate of drug-likeness (QED) is 0.775. The van der Waals surface area contributed by atoms with Crippen LogP contribution in [0.25, 0.3) is 0 Å². The number of rotatable bonds is 2. The van der Waals surface area contributed by atoms with Crippen molar-refractivity contribution < 1.29 is 9.53 Å².